The minimum absolute atomic E-state index is 0.0141. The van der Waals surface area contributed by atoms with Gasteiger partial charge in [-0.15, -0.1) is 0 Å². The number of amides is 4. The third kappa shape index (κ3) is 5.06. The number of benzene rings is 1. The summed E-state index contributed by atoms with van der Waals surface area (Å²) in [5.74, 6) is -2.18. The van der Waals surface area contributed by atoms with Crippen LogP contribution in [0.2, 0.25) is 0 Å². The van der Waals surface area contributed by atoms with E-state index in [-0.39, 0.29) is 43.5 Å². The number of nitrogens with one attached hydrogen (secondary N) is 2. The monoisotopic (exact) mass is 498 g/mol. The van der Waals surface area contributed by atoms with E-state index in [4.69, 9.17) is 4.84 Å². The summed E-state index contributed by atoms with van der Waals surface area (Å²) in [6, 6.07) is 1.50. The lowest BCUT2D eigenvalue weighted by atomic mass is 10.1. The van der Waals surface area contributed by atoms with Gasteiger partial charge in [0.2, 0.25) is 5.91 Å². The zero-order valence-electron chi connectivity index (χ0n) is 18.8. The predicted octanol–water partition coefficient (Wildman–Crippen LogP) is 2.15. The highest BCUT2D eigenvalue weighted by Gasteiger charge is 2.36. The average Bonchev–Trinajstić information content (AvgIpc) is 3.08. The first-order chi connectivity index (χ1) is 16.4. The normalized spacial score (nSPS) is 18.0. The maximum Gasteiger partial charge on any atom is 0.419 e. The zero-order valence-corrected chi connectivity index (χ0v) is 18.8. The van der Waals surface area contributed by atoms with Crippen LogP contribution in [-0.4, -0.2) is 63.8 Å². The third-order valence-corrected chi connectivity index (χ3v) is 5.66. The molecule has 2 aliphatic heterocycles. The van der Waals surface area contributed by atoms with Crippen molar-refractivity contribution in [3.8, 4) is 0 Å². The van der Waals surface area contributed by atoms with Crippen molar-refractivity contribution >= 4 is 23.5 Å². The number of alkyl halides is 3. The van der Waals surface area contributed by atoms with E-state index in [0.29, 0.717) is 29.8 Å². The van der Waals surface area contributed by atoms with Crippen molar-refractivity contribution < 1.29 is 36.8 Å². The molecule has 2 aromatic rings. The smallest absolute Gasteiger partial charge is 0.354 e. The SMILES string of the molecule is CC(=O)NC[C@H]1Cn2nc3c(c2C(=O)N(C)O1)CN(C(=O)Nc1ccc(F)c(C(F)(F)F)c1)CC3. The number of halogens is 4. The van der Waals surface area contributed by atoms with Crippen LogP contribution in [0.1, 0.15) is 34.2 Å². The molecule has 4 rings (SSSR count). The molecule has 0 unspecified atom stereocenters. The van der Waals surface area contributed by atoms with Gasteiger partial charge in [-0.3, -0.25) is 19.1 Å². The van der Waals surface area contributed by atoms with E-state index in [1.807, 2.05) is 0 Å². The molecule has 0 saturated carbocycles. The lowest BCUT2D eigenvalue weighted by Crippen LogP contribution is -2.40. The molecule has 14 heteroatoms. The van der Waals surface area contributed by atoms with Crippen molar-refractivity contribution in [1.82, 2.24) is 25.1 Å². The molecular weight excluding hydrogens is 476 g/mol. The van der Waals surface area contributed by atoms with Crippen molar-refractivity contribution in [1.29, 1.82) is 0 Å². The van der Waals surface area contributed by atoms with Crippen LogP contribution in [0.15, 0.2) is 18.2 Å². The van der Waals surface area contributed by atoms with Crippen molar-refractivity contribution in [3.63, 3.8) is 0 Å². The van der Waals surface area contributed by atoms with Gasteiger partial charge in [0, 0.05) is 44.7 Å². The number of hydrogen-bond acceptors (Lipinski definition) is 5. The molecule has 0 radical (unpaired) electrons. The number of carbonyl (C=O) groups excluding carboxylic acids is 3. The van der Waals surface area contributed by atoms with E-state index in [1.165, 1.54) is 23.6 Å². The van der Waals surface area contributed by atoms with Gasteiger partial charge >= 0.3 is 12.2 Å². The molecule has 35 heavy (non-hydrogen) atoms. The zero-order chi connectivity index (χ0) is 25.5. The first-order valence-corrected chi connectivity index (χ1v) is 10.6. The maximum atomic E-state index is 13.5. The molecule has 2 aliphatic rings. The molecule has 2 N–H and O–H groups in total. The fourth-order valence-electron chi connectivity index (χ4n) is 4.00. The number of aromatic nitrogens is 2. The molecule has 0 fully saturated rings. The van der Waals surface area contributed by atoms with Gasteiger partial charge < -0.3 is 15.5 Å². The van der Waals surface area contributed by atoms with Gasteiger partial charge in [-0.1, -0.05) is 0 Å². The van der Waals surface area contributed by atoms with Crippen LogP contribution in [0.4, 0.5) is 28.0 Å². The molecule has 3 heterocycles. The molecule has 4 amide bonds. The van der Waals surface area contributed by atoms with Crippen LogP contribution in [0.5, 0.6) is 0 Å². The van der Waals surface area contributed by atoms with E-state index in [2.05, 4.69) is 15.7 Å². The largest absolute Gasteiger partial charge is 0.419 e. The van der Waals surface area contributed by atoms with Gasteiger partial charge in [-0.25, -0.2) is 14.2 Å². The highest BCUT2D eigenvalue weighted by molar-refractivity contribution is 5.94. The summed E-state index contributed by atoms with van der Waals surface area (Å²) < 4.78 is 54.0. The summed E-state index contributed by atoms with van der Waals surface area (Å²) in [7, 11) is 1.43. The summed E-state index contributed by atoms with van der Waals surface area (Å²) in [5.41, 5.74) is -0.352. The number of hydrogen-bond donors (Lipinski definition) is 2. The van der Waals surface area contributed by atoms with Gasteiger partial charge in [-0.05, 0) is 18.2 Å². The number of fused-ring (bicyclic) bond motifs is 3. The number of rotatable bonds is 3. The number of nitrogens with zero attached hydrogens (tertiary/aromatic N) is 4. The second kappa shape index (κ2) is 9.17. The number of urea groups is 1. The van der Waals surface area contributed by atoms with Crippen LogP contribution in [0, 0.1) is 5.82 Å². The first kappa shape index (κ1) is 24.4. The van der Waals surface area contributed by atoms with Gasteiger partial charge in [0.1, 0.15) is 17.6 Å². The Morgan fingerprint density at radius 2 is 2.03 bits per heavy atom. The van der Waals surface area contributed by atoms with Crippen LogP contribution >= 0.6 is 0 Å². The summed E-state index contributed by atoms with van der Waals surface area (Å²) in [6.07, 6.45) is -5.16. The lowest BCUT2D eigenvalue weighted by Gasteiger charge is -2.27. The van der Waals surface area contributed by atoms with Gasteiger partial charge in [0.05, 0.1) is 24.3 Å². The Bertz CT molecular complexity index is 1180. The predicted molar refractivity (Wildman–Crippen MR) is 112 cm³/mol. The fraction of sp³-hybridized carbons (Fsp3) is 0.429. The van der Waals surface area contributed by atoms with E-state index in [9.17, 15) is 31.9 Å². The first-order valence-electron chi connectivity index (χ1n) is 10.6. The van der Waals surface area contributed by atoms with Crippen molar-refractivity contribution in [2.75, 3.05) is 25.5 Å². The molecule has 188 valence electrons. The van der Waals surface area contributed by atoms with E-state index >= 15 is 0 Å². The molecule has 10 nitrogen and oxygen atoms in total. The van der Waals surface area contributed by atoms with E-state index in [1.54, 1.807) is 0 Å². The number of carbonyl (C=O) groups is 3. The Kier molecular flexibility index (Phi) is 6.40. The topological polar surface area (TPSA) is 109 Å². The Morgan fingerprint density at radius 3 is 2.71 bits per heavy atom. The molecule has 0 saturated heterocycles. The van der Waals surface area contributed by atoms with Crippen LogP contribution in [0.25, 0.3) is 0 Å². The van der Waals surface area contributed by atoms with E-state index in [0.717, 1.165) is 11.1 Å². The number of anilines is 1. The maximum absolute atomic E-state index is 13.5. The molecule has 1 aromatic carbocycles. The van der Waals surface area contributed by atoms with Crippen LogP contribution in [0.3, 0.4) is 0 Å². The molecule has 0 spiro atoms. The second-order valence-corrected chi connectivity index (χ2v) is 8.22. The van der Waals surface area contributed by atoms with Crippen molar-refractivity contribution in [2.45, 2.75) is 38.7 Å². The summed E-state index contributed by atoms with van der Waals surface area (Å²) >= 11 is 0. The highest BCUT2D eigenvalue weighted by Crippen LogP contribution is 2.33. The highest BCUT2D eigenvalue weighted by atomic mass is 19.4. The summed E-state index contributed by atoms with van der Waals surface area (Å²) in [4.78, 5) is 43.9. The Balaban J connectivity index is 1.53. The molecule has 0 bridgehead atoms. The lowest BCUT2D eigenvalue weighted by molar-refractivity contribution is -0.148. The standard InChI is InChI=1S/C21H22F4N6O4/c1-11(32)26-8-13-9-31-18(19(33)29(2)35-13)14-10-30(6-5-17(14)28-31)20(34)27-12-3-4-16(22)15(7-12)21(23,24)25/h3-4,7,13H,5-6,8-10H2,1-2H3,(H,26,32)(H,27,34)/t13-/m0/s1. The Morgan fingerprint density at radius 1 is 1.29 bits per heavy atom. The van der Waals surface area contributed by atoms with Crippen molar-refractivity contribution in [3.05, 3.63) is 46.5 Å². The van der Waals surface area contributed by atoms with Gasteiger partial charge in [-0.2, -0.15) is 18.3 Å². The van der Waals surface area contributed by atoms with Gasteiger partial charge in [0.15, 0.2) is 0 Å². The quantitative estimate of drug-likeness (QED) is 0.631. The minimum atomic E-state index is -4.91. The fourth-order valence-corrected chi connectivity index (χ4v) is 4.00. The Hall–Kier alpha value is -3.68. The Labute approximate surface area is 196 Å². The molecule has 0 aliphatic carbocycles. The molecule has 1 aromatic heterocycles. The average molecular weight is 498 g/mol. The van der Waals surface area contributed by atoms with Crippen LogP contribution in [-0.2, 0) is 35.3 Å². The molecule has 1 atom stereocenters. The summed E-state index contributed by atoms with van der Waals surface area (Å²) in [5, 5.41) is 10.5. The number of hydroxylamine groups is 2. The molecular formula is C21H22F4N6O4. The van der Waals surface area contributed by atoms with Crippen molar-refractivity contribution in [2.24, 2.45) is 0 Å². The third-order valence-electron chi connectivity index (χ3n) is 5.66. The van der Waals surface area contributed by atoms with Crippen LogP contribution < -0.4 is 10.6 Å². The summed E-state index contributed by atoms with van der Waals surface area (Å²) in [6.45, 7) is 1.89. The van der Waals surface area contributed by atoms with Gasteiger partial charge in [0.25, 0.3) is 5.91 Å². The minimum Gasteiger partial charge on any atom is -0.354 e. The van der Waals surface area contributed by atoms with E-state index < -0.39 is 35.6 Å². The second-order valence-electron chi connectivity index (χ2n) is 8.22.